The van der Waals surface area contributed by atoms with Gasteiger partial charge in [0.15, 0.2) is 0 Å². The van der Waals surface area contributed by atoms with Crippen LogP contribution in [0.3, 0.4) is 0 Å². The topological polar surface area (TPSA) is 54.3 Å². The average Bonchev–Trinajstić information content (AvgIpc) is 2.86. The van der Waals surface area contributed by atoms with Gasteiger partial charge in [-0.2, -0.15) is 0 Å². The third kappa shape index (κ3) is 5.99. The fourth-order valence-electron chi connectivity index (χ4n) is 4.69. The first kappa shape index (κ1) is 23.0. The molecule has 0 radical (unpaired) electrons. The van der Waals surface area contributed by atoms with Crippen molar-refractivity contribution in [1.82, 2.24) is 14.8 Å². The molecule has 0 aliphatic heterocycles. The van der Waals surface area contributed by atoms with Crippen LogP contribution in [0.15, 0.2) is 77.7 Å². The number of carbonyl (C=O) groups is 1. The quantitative estimate of drug-likeness (QED) is 0.554. The SMILES string of the molecule is CN(Cc1ccccc1CNC(=O)c1cccn(Cc2ccccc2)c1=O)C1CCCCC1. The molecule has 0 atom stereocenters. The van der Waals surface area contributed by atoms with Gasteiger partial charge in [-0.15, -0.1) is 0 Å². The monoisotopic (exact) mass is 443 g/mol. The summed E-state index contributed by atoms with van der Waals surface area (Å²) >= 11 is 0. The molecule has 4 rings (SSSR count). The van der Waals surface area contributed by atoms with E-state index in [9.17, 15) is 9.59 Å². The third-order valence-corrected chi connectivity index (χ3v) is 6.64. The van der Waals surface area contributed by atoms with Crippen LogP contribution in [-0.4, -0.2) is 28.5 Å². The molecule has 5 nitrogen and oxygen atoms in total. The Hall–Kier alpha value is -3.18. The number of amides is 1. The first-order valence-corrected chi connectivity index (χ1v) is 11.9. The van der Waals surface area contributed by atoms with Gasteiger partial charge in [-0.05, 0) is 48.7 Å². The Morgan fingerprint density at radius 2 is 1.64 bits per heavy atom. The Morgan fingerprint density at radius 3 is 2.39 bits per heavy atom. The zero-order chi connectivity index (χ0) is 23.0. The van der Waals surface area contributed by atoms with Gasteiger partial charge in [0.2, 0.25) is 0 Å². The molecule has 0 spiro atoms. The summed E-state index contributed by atoms with van der Waals surface area (Å²) in [5.41, 5.74) is 3.23. The van der Waals surface area contributed by atoms with E-state index in [0.717, 1.165) is 17.7 Å². The van der Waals surface area contributed by atoms with Gasteiger partial charge in [-0.25, -0.2) is 0 Å². The summed E-state index contributed by atoms with van der Waals surface area (Å²) in [5, 5.41) is 2.97. The molecule has 2 aromatic carbocycles. The lowest BCUT2D eigenvalue weighted by Gasteiger charge is -2.31. The van der Waals surface area contributed by atoms with Gasteiger partial charge >= 0.3 is 0 Å². The van der Waals surface area contributed by atoms with Crippen LogP contribution in [0.5, 0.6) is 0 Å². The maximum atomic E-state index is 12.9. The Morgan fingerprint density at radius 1 is 0.939 bits per heavy atom. The minimum atomic E-state index is -0.335. The molecule has 0 bridgehead atoms. The van der Waals surface area contributed by atoms with Crippen molar-refractivity contribution in [3.05, 3.63) is 106 Å². The van der Waals surface area contributed by atoms with Crippen LogP contribution in [0.25, 0.3) is 0 Å². The fraction of sp³-hybridized carbons (Fsp3) is 0.357. The second-order valence-corrected chi connectivity index (χ2v) is 9.00. The number of nitrogens with one attached hydrogen (secondary N) is 1. The number of pyridine rings is 1. The van der Waals surface area contributed by atoms with Crippen molar-refractivity contribution in [2.75, 3.05) is 7.05 Å². The molecule has 1 saturated carbocycles. The van der Waals surface area contributed by atoms with Crippen LogP contribution in [0.4, 0.5) is 0 Å². The minimum Gasteiger partial charge on any atom is -0.348 e. The van der Waals surface area contributed by atoms with Crippen LogP contribution < -0.4 is 10.9 Å². The molecule has 0 unspecified atom stereocenters. The lowest BCUT2D eigenvalue weighted by atomic mass is 9.94. The molecule has 172 valence electrons. The highest BCUT2D eigenvalue weighted by atomic mass is 16.2. The summed E-state index contributed by atoms with van der Waals surface area (Å²) in [5.74, 6) is -0.335. The maximum absolute atomic E-state index is 12.9. The highest BCUT2D eigenvalue weighted by molar-refractivity contribution is 5.93. The smallest absolute Gasteiger partial charge is 0.263 e. The van der Waals surface area contributed by atoms with Crippen molar-refractivity contribution >= 4 is 5.91 Å². The highest BCUT2D eigenvalue weighted by Crippen LogP contribution is 2.23. The lowest BCUT2D eigenvalue weighted by Crippen LogP contribution is -2.34. The minimum absolute atomic E-state index is 0.172. The highest BCUT2D eigenvalue weighted by Gasteiger charge is 2.19. The summed E-state index contributed by atoms with van der Waals surface area (Å²) in [7, 11) is 2.20. The molecule has 1 N–H and O–H groups in total. The lowest BCUT2D eigenvalue weighted by molar-refractivity contribution is 0.0948. The Labute approximate surface area is 196 Å². The predicted octanol–water partition coefficient (Wildman–Crippen LogP) is 4.59. The molecule has 33 heavy (non-hydrogen) atoms. The van der Waals surface area contributed by atoms with Gasteiger partial charge in [-0.1, -0.05) is 73.9 Å². The van der Waals surface area contributed by atoms with Crippen molar-refractivity contribution in [2.45, 2.75) is 57.8 Å². The van der Waals surface area contributed by atoms with Crippen molar-refractivity contribution < 1.29 is 4.79 Å². The van der Waals surface area contributed by atoms with E-state index >= 15 is 0 Å². The van der Waals surface area contributed by atoms with E-state index in [4.69, 9.17) is 0 Å². The summed E-state index contributed by atoms with van der Waals surface area (Å²) < 4.78 is 1.58. The van der Waals surface area contributed by atoms with Gasteiger partial charge in [0, 0.05) is 25.3 Å². The molecule has 1 aliphatic carbocycles. The summed E-state index contributed by atoms with van der Waals surface area (Å²) in [6, 6.07) is 22.0. The van der Waals surface area contributed by atoms with Crippen molar-refractivity contribution in [3.63, 3.8) is 0 Å². The van der Waals surface area contributed by atoms with Gasteiger partial charge in [0.1, 0.15) is 5.56 Å². The van der Waals surface area contributed by atoms with Gasteiger partial charge in [0.05, 0.1) is 6.54 Å². The van der Waals surface area contributed by atoms with Gasteiger partial charge in [0.25, 0.3) is 11.5 Å². The number of hydrogen-bond acceptors (Lipinski definition) is 3. The Balaban J connectivity index is 1.42. The van der Waals surface area contributed by atoms with Gasteiger partial charge < -0.3 is 9.88 Å². The number of nitrogens with zero attached hydrogens (tertiary/aromatic N) is 2. The summed E-state index contributed by atoms with van der Waals surface area (Å²) in [4.78, 5) is 28.2. The van der Waals surface area contributed by atoms with Crippen molar-refractivity contribution in [3.8, 4) is 0 Å². The molecule has 1 heterocycles. The van der Waals surface area contributed by atoms with Crippen LogP contribution >= 0.6 is 0 Å². The zero-order valence-corrected chi connectivity index (χ0v) is 19.4. The van der Waals surface area contributed by atoms with Crippen LogP contribution in [0.1, 0.15) is 59.2 Å². The van der Waals surface area contributed by atoms with Crippen molar-refractivity contribution in [2.24, 2.45) is 0 Å². The van der Waals surface area contributed by atoms with E-state index in [1.807, 2.05) is 36.4 Å². The van der Waals surface area contributed by atoms with E-state index in [-0.39, 0.29) is 17.0 Å². The number of carbonyl (C=O) groups excluding carboxylic acids is 1. The van der Waals surface area contributed by atoms with Crippen LogP contribution in [-0.2, 0) is 19.6 Å². The second-order valence-electron chi connectivity index (χ2n) is 9.00. The molecular formula is C28H33N3O2. The number of benzene rings is 2. The molecule has 3 aromatic rings. The van der Waals surface area contributed by atoms with E-state index in [0.29, 0.717) is 19.1 Å². The first-order chi connectivity index (χ1) is 16.1. The molecule has 1 aliphatic rings. The van der Waals surface area contributed by atoms with E-state index in [1.165, 1.54) is 37.7 Å². The standard InChI is InChI=1S/C28H33N3O2/c1-30(25-15-6-3-7-16-25)21-24-14-9-8-13-23(24)19-29-27(32)26-17-10-18-31(28(26)33)20-22-11-4-2-5-12-22/h2,4-5,8-14,17-18,25H,3,6-7,15-16,19-21H2,1H3,(H,29,32). The average molecular weight is 444 g/mol. The maximum Gasteiger partial charge on any atom is 0.263 e. The summed E-state index contributed by atoms with van der Waals surface area (Å²) in [6.07, 6.45) is 8.22. The molecule has 1 fully saturated rings. The van der Waals surface area contributed by atoms with Crippen molar-refractivity contribution in [1.29, 1.82) is 0 Å². The molecule has 1 amide bonds. The Kier molecular flexibility index (Phi) is 7.74. The molecule has 5 heteroatoms. The molecular weight excluding hydrogens is 410 g/mol. The van der Waals surface area contributed by atoms with Crippen LogP contribution in [0.2, 0.25) is 0 Å². The van der Waals surface area contributed by atoms with E-state index in [1.54, 1.807) is 22.9 Å². The number of aromatic nitrogens is 1. The Bertz CT molecular complexity index is 1120. The fourth-order valence-corrected chi connectivity index (χ4v) is 4.69. The third-order valence-electron chi connectivity index (χ3n) is 6.64. The number of rotatable bonds is 8. The first-order valence-electron chi connectivity index (χ1n) is 11.9. The van der Waals surface area contributed by atoms with Crippen LogP contribution in [0, 0.1) is 0 Å². The number of hydrogen-bond donors (Lipinski definition) is 1. The predicted molar refractivity (Wildman–Crippen MR) is 132 cm³/mol. The largest absolute Gasteiger partial charge is 0.348 e. The van der Waals surface area contributed by atoms with E-state index in [2.05, 4.69) is 35.5 Å². The summed E-state index contributed by atoms with van der Waals surface area (Å²) in [6.45, 7) is 1.71. The normalized spacial score (nSPS) is 14.4. The van der Waals surface area contributed by atoms with E-state index < -0.39 is 0 Å². The zero-order valence-electron chi connectivity index (χ0n) is 19.4. The second kappa shape index (κ2) is 11.1. The molecule has 1 aromatic heterocycles. The molecule has 0 saturated heterocycles. The van der Waals surface area contributed by atoms with Gasteiger partial charge in [-0.3, -0.25) is 14.5 Å².